The topological polar surface area (TPSA) is 70.2 Å². The second-order valence-electron chi connectivity index (χ2n) is 4.57. The average molecular weight is 314 g/mol. The lowest BCUT2D eigenvalue weighted by molar-refractivity contribution is -0.126. The number of carbonyl (C=O) groups is 2. The summed E-state index contributed by atoms with van der Waals surface area (Å²) in [6.45, 7) is 1.43. The predicted molar refractivity (Wildman–Crippen MR) is 86.6 cm³/mol. The molecule has 0 fully saturated rings. The van der Waals surface area contributed by atoms with Gasteiger partial charge in [-0.25, -0.2) is 0 Å². The van der Waals surface area contributed by atoms with E-state index in [1.807, 2.05) is 37.4 Å². The summed E-state index contributed by atoms with van der Waals surface area (Å²) in [5.41, 5.74) is 1.18. The summed E-state index contributed by atoms with van der Waals surface area (Å²) in [7, 11) is 1.85. The van der Waals surface area contributed by atoms with Gasteiger partial charge in [0.2, 0.25) is 11.8 Å². The largest absolute Gasteiger partial charge is 0.354 e. The Morgan fingerprint density at radius 1 is 1.00 bits per heavy atom. The molecule has 3 N–H and O–H groups in total. The minimum Gasteiger partial charge on any atom is -0.354 e. The smallest absolute Gasteiger partial charge is 0.239 e. The quantitative estimate of drug-likeness (QED) is 0.593. The van der Waals surface area contributed by atoms with Crippen molar-refractivity contribution in [2.45, 2.75) is 19.3 Å². The molecule has 0 aliphatic heterocycles. The van der Waals surface area contributed by atoms with E-state index in [2.05, 4.69) is 16.0 Å². The number of carbonyl (C=O) groups excluding carboxylic acids is 2. The van der Waals surface area contributed by atoms with E-state index in [0.29, 0.717) is 13.0 Å². The van der Waals surface area contributed by atoms with Crippen LogP contribution in [0.5, 0.6) is 0 Å². The van der Waals surface area contributed by atoms with Crippen molar-refractivity contribution in [3.05, 3.63) is 35.9 Å². The maximum atomic E-state index is 11.5. The fourth-order valence-corrected chi connectivity index (χ4v) is 1.75. The number of halogens is 1. The van der Waals surface area contributed by atoms with Crippen molar-refractivity contribution in [1.82, 2.24) is 16.0 Å². The zero-order valence-corrected chi connectivity index (χ0v) is 13.2. The molecule has 2 amide bonds. The van der Waals surface area contributed by atoms with E-state index >= 15 is 0 Å². The first kappa shape index (κ1) is 19.4. The zero-order chi connectivity index (χ0) is 14.6. The van der Waals surface area contributed by atoms with Gasteiger partial charge < -0.3 is 16.0 Å². The van der Waals surface area contributed by atoms with Crippen LogP contribution in [-0.2, 0) is 16.0 Å². The molecular weight excluding hydrogens is 290 g/mol. The van der Waals surface area contributed by atoms with Crippen molar-refractivity contribution in [3.8, 4) is 0 Å². The van der Waals surface area contributed by atoms with Gasteiger partial charge in [-0.05, 0) is 32.0 Å². The molecular formula is C15H24ClN3O2. The highest BCUT2D eigenvalue weighted by atomic mass is 35.5. The molecule has 1 aromatic rings. The van der Waals surface area contributed by atoms with Gasteiger partial charge in [-0.3, -0.25) is 9.59 Å². The highest BCUT2D eigenvalue weighted by Crippen LogP contribution is 1.97. The Morgan fingerprint density at radius 2 is 1.71 bits per heavy atom. The van der Waals surface area contributed by atoms with Gasteiger partial charge in [-0.15, -0.1) is 12.4 Å². The number of benzene rings is 1. The Labute approximate surface area is 132 Å². The fourth-order valence-electron chi connectivity index (χ4n) is 1.75. The maximum Gasteiger partial charge on any atom is 0.239 e. The van der Waals surface area contributed by atoms with E-state index in [4.69, 9.17) is 0 Å². The highest BCUT2D eigenvalue weighted by molar-refractivity contribution is 5.85. The van der Waals surface area contributed by atoms with Crippen molar-refractivity contribution in [1.29, 1.82) is 0 Å². The fraction of sp³-hybridized carbons (Fsp3) is 0.467. The first-order valence-corrected chi connectivity index (χ1v) is 6.94. The van der Waals surface area contributed by atoms with Gasteiger partial charge in [0.1, 0.15) is 0 Å². The van der Waals surface area contributed by atoms with Crippen LogP contribution in [0.1, 0.15) is 18.4 Å². The predicted octanol–water partition coefficient (Wildman–Crippen LogP) is 0.883. The van der Waals surface area contributed by atoms with Crippen molar-refractivity contribution in [2.24, 2.45) is 0 Å². The summed E-state index contributed by atoms with van der Waals surface area (Å²) in [4.78, 5) is 22.9. The third-order valence-corrected chi connectivity index (χ3v) is 2.86. The Bertz CT molecular complexity index is 413. The summed E-state index contributed by atoms with van der Waals surface area (Å²) in [5, 5.41) is 8.37. The molecule has 1 rings (SSSR count). The van der Waals surface area contributed by atoms with Crippen LogP contribution in [0.3, 0.4) is 0 Å². The van der Waals surface area contributed by atoms with Crippen LogP contribution < -0.4 is 16.0 Å². The zero-order valence-electron chi connectivity index (χ0n) is 12.4. The van der Waals surface area contributed by atoms with E-state index < -0.39 is 0 Å². The molecule has 0 atom stereocenters. The van der Waals surface area contributed by atoms with Crippen LogP contribution in [0.4, 0.5) is 0 Å². The molecule has 118 valence electrons. The first-order valence-electron chi connectivity index (χ1n) is 6.94. The van der Waals surface area contributed by atoms with Crippen LogP contribution in [0, 0.1) is 0 Å². The Balaban J connectivity index is 0.00000400. The van der Waals surface area contributed by atoms with Gasteiger partial charge in [-0.2, -0.15) is 0 Å². The maximum absolute atomic E-state index is 11.5. The molecule has 0 heterocycles. The molecule has 0 radical (unpaired) electrons. The lowest BCUT2D eigenvalue weighted by atomic mass is 10.1. The molecule has 1 aromatic carbocycles. The molecule has 0 aliphatic rings. The molecule has 0 aromatic heterocycles. The SMILES string of the molecule is CNCCCC(=O)NCC(=O)NCCc1ccccc1.Cl. The summed E-state index contributed by atoms with van der Waals surface area (Å²) < 4.78 is 0. The van der Waals surface area contributed by atoms with E-state index in [1.165, 1.54) is 5.56 Å². The number of amides is 2. The Morgan fingerprint density at radius 3 is 2.38 bits per heavy atom. The van der Waals surface area contributed by atoms with Crippen molar-refractivity contribution >= 4 is 24.2 Å². The van der Waals surface area contributed by atoms with Gasteiger partial charge in [0.15, 0.2) is 0 Å². The molecule has 21 heavy (non-hydrogen) atoms. The highest BCUT2D eigenvalue weighted by Gasteiger charge is 2.04. The monoisotopic (exact) mass is 313 g/mol. The lowest BCUT2D eigenvalue weighted by Gasteiger charge is -2.07. The minimum atomic E-state index is -0.150. The Kier molecular flexibility index (Phi) is 11.3. The Hall–Kier alpha value is -1.59. The molecule has 6 heteroatoms. The number of hydrogen-bond acceptors (Lipinski definition) is 3. The molecule has 0 saturated carbocycles. The number of rotatable bonds is 9. The number of hydrogen-bond donors (Lipinski definition) is 3. The van der Waals surface area contributed by atoms with E-state index in [9.17, 15) is 9.59 Å². The van der Waals surface area contributed by atoms with Crippen molar-refractivity contribution in [2.75, 3.05) is 26.7 Å². The van der Waals surface area contributed by atoms with E-state index in [1.54, 1.807) is 0 Å². The lowest BCUT2D eigenvalue weighted by Crippen LogP contribution is -2.37. The second kappa shape index (κ2) is 12.2. The molecule has 0 bridgehead atoms. The van der Waals surface area contributed by atoms with Crippen LogP contribution in [0.15, 0.2) is 30.3 Å². The van der Waals surface area contributed by atoms with Crippen molar-refractivity contribution in [3.63, 3.8) is 0 Å². The average Bonchev–Trinajstić information content (AvgIpc) is 2.46. The molecule has 0 aliphatic carbocycles. The summed E-state index contributed by atoms with van der Waals surface area (Å²) >= 11 is 0. The number of nitrogens with one attached hydrogen (secondary N) is 3. The second-order valence-corrected chi connectivity index (χ2v) is 4.57. The van der Waals surface area contributed by atoms with Crippen LogP contribution in [0.25, 0.3) is 0 Å². The standard InChI is InChI=1S/C15H23N3O2.ClH/c1-16-10-5-8-14(19)18-12-15(20)17-11-9-13-6-3-2-4-7-13;/h2-4,6-7,16H,5,8-12H2,1H3,(H,17,20)(H,18,19);1H. The minimum absolute atomic E-state index is 0. The molecule has 0 unspecified atom stereocenters. The normalized spacial score (nSPS) is 9.57. The van der Waals surface area contributed by atoms with E-state index in [0.717, 1.165) is 19.4 Å². The molecule has 5 nitrogen and oxygen atoms in total. The third kappa shape index (κ3) is 9.87. The van der Waals surface area contributed by atoms with Gasteiger partial charge in [0.05, 0.1) is 6.54 Å². The van der Waals surface area contributed by atoms with E-state index in [-0.39, 0.29) is 30.8 Å². The van der Waals surface area contributed by atoms with Crippen LogP contribution in [-0.4, -0.2) is 38.5 Å². The molecule has 0 spiro atoms. The summed E-state index contributed by atoms with van der Waals surface area (Å²) in [6.07, 6.45) is 2.01. The third-order valence-electron chi connectivity index (χ3n) is 2.86. The van der Waals surface area contributed by atoms with Crippen LogP contribution >= 0.6 is 12.4 Å². The summed E-state index contributed by atoms with van der Waals surface area (Å²) in [6, 6.07) is 9.96. The van der Waals surface area contributed by atoms with Gasteiger partial charge in [0.25, 0.3) is 0 Å². The first-order chi connectivity index (χ1) is 9.72. The van der Waals surface area contributed by atoms with Gasteiger partial charge in [-0.1, -0.05) is 30.3 Å². The van der Waals surface area contributed by atoms with Crippen molar-refractivity contribution < 1.29 is 9.59 Å². The van der Waals surface area contributed by atoms with Gasteiger partial charge in [0, 0.05) is 13.0 Å². The summed E-state index contributed by atoms with van der Waals surface area (Å²) in [5.74, 6) is -0.235. The van der Waals surface area contributed by atoms with Crippen LogP contribution in [0.2, 0.25) is 0 Å². The molecule has 0 saturated heterocycles. The van der Waals surface area contributed by atoms with Gasteiger partial charge >= 0.3 is 0 Å².